The number of aliphatic hydroxyl groups is 1. The van der Waals surface area contributed by atoms with Gasteiger partial charge in [-0.05, 0) is 35.9 Å². The van der Waals surface area contributed by atoms with Gasteiger partial charge in [0.25, 0.3) is 0 Å². The van der Waals surface area contributed by atoms with E-state index in [0.29, 0.717) is 22.3 Å². The number of nitriles is 2. The van der Waals surface area contributed by atoms with Gasteiger partial charge in [-0.3, -0.25) is 0 Å². The van der Waals surface area contributed by atoms with Gasteiger partial charge in [0.05, 0.1) is 18.1 Å². The van der Waals surface area contributed by atoms with Gasteiger partial charge in [0.15, 0.2) is 11.6 Å². The highest BCUT2D eigenvalue weighted by atomic mass is 16.5. The molecule has 2 N–H and O–H groups in total. The van der Waals surface area contributed by atoms with Crippen molar-refractivity contribution in [2.24, 2.45) is 0 Å². The number of carbonyl (C=O) groups is 1. The first kappa shape index (κ1) is 20.2. The quantitative estimate of drug-likeness (QED) is 0.280. The number of H-pyrrole nitrogens is 1. The highest BCUT2D eigenvalue weighted by Crippen LogP contribution is 2.19. The van der Waals surface area contributed by atoms with Crippen LogP contribution in [0.2, 0.25) is 0 Å². The van der Waals surface area contributed by atoms with Crippen molar-refractivity contribution in [2.45, 2.75) is 0 Å². The van der Waals surface area contributed by atoms with E-state index in [1.807, 2.05) is 6.07 Å². The summed E-state index contributed by atoms with van der Waals surface area (Å²) in [6.07, 6.45) is 1.35. The van der Waals surface area contributed by atoms with Crippen LogP contribution in [0.3, 0.4) is 0 Å². The highest BCUT2D eigenvalue weighted by Gasteiger charge is 2.17. The number of nitrogens with zero attached hydrogens (tertiary/aromatic N) is 3. The minimum Gasteiger partial charge on any atom is -0.507 e. The molecule has 0 bridgehead atoms. The van der Waals surface area contributed by atoms with E-state index in [1.54, 1.807) is 54.6 Å². The molecule has 8 nitrogen and oxygen atoms in total. The molecular formula is C22H16N4O4. The highest BCUT2D eigenvalue weighted by molar-refractivity contribution is 5.98. The fourth-order valence-corrected chi connectivity index (χ4v) is 2.61. The predicted octanol–water partition coefficient (Wildman–Crippen LogP) is 3.51. The Morgan fingerprint density at radius 1 is 1.17 bits per heavy atom. The Kier molecular flexibility index (Phi) is 6.11. The maximum atomic E-state index is 12.2. The number of carbonyl (C=O) groups excluding carboxylic acids is 1. The van der Waals surface area contributed by atoms with Crippen LogP contribution in [0.15, 0.2) is 59.9 Å². The summed E-state index contributed by atoms with van der Waals surface area (Å²) < 4.78 is 10.1. The lowest BCUT2D eigenvalue weighted by Crippen LogP contribution is -2.10. The van der Waals surface area contributed by atoms with E-state index in [9.17, 15) is 20.4 Å². The lowest BCUT2D eigenvalue weighted by atomic mass is 10.1. The Morgan fingerprint density at radius 2 is 1.90 bits per heavy atom. The molecule has 0 saturated carbocycles. The largest absolute Gasteiger partial charge is 0.507 e. The van der Waals surface area contributed by atoms with Crippen LogP contribution >= 0.6 is 0 Å². The molecular weight excluding hydrogens is 384 g/mol. The summed E-state index contributed by atoms with van der Waals surface area (Å²) in [5, 5.41) is 28.9. The molecule has 3 aromatic rings. The van der Waals surface area contributed by atoms with Crippen LogP contribution in [0.4, 0.5) is 0 Å². The lowest BCUT2D eigenvalue weighted by molar-refractivity contribution is -0.138. The maximum absolute atomic E-state index is 12.2. The van der Waals surface area contributed by atoms with E-state index in [-0.39, 0.29) is 17.0 Å². The van der Waals surface area contributed by atoms with Gasteiger partial charge in [-0.2, -0.15) is 10.5 Å². The number of nitrogens with one attached hydrogen (secondary N) is 1. The first-order valence-electron chi connectivity index (χ1n) is 8.76. The molecule has 148 valence electrons. The molecule has 0 amide bonds. The zero-order chi connectivity index (χ0) is 21.5. The molecule has 0 saturated heterocycles. The van der Waals surface area contributed by atoms with E-state index in [1.165, 1.54) is 13.2 Å². The van der Waals surface area contributed by atoms with Gasteiger partial charge >= 0.3 is 5.97 Å². The molecule has 0 spiro atoms. The first-order chi connectivity index (χ1) is 14.5. The fourth-order valence-electron chi connectivity index (χ4n) is 2.61. The Morgan fingerprint density at radius 3 is 2.53 bits per heavy atom. The zero-order valence-corrected chi connectivity index (χ0v) is 15.9. The standard InChI is InChI=1S/C22H16N4O4/c1-29-16-8-6-14(7-9-16)10-15(11-23)22(28)30-13-20(27)17(12-24)21-25-18-4-2-3-5-19(18)26-21/h2-10,27H,13H2,1H3,(H,25,26)/b15-10+,20-17-. The average molecular weight is 400 g/mol. The van der Waals surface area contributed by atoms with Gasteiger partial charge in [-0.15, -0.1) is 0 Å². The van der Waals surface area contributed by atoms with E-state index < -0.39 is 18.3 Å². The molecule has 0 aliphatic carbocycles. The summed E-state index contributed by atoms with van der Waals surface area (Å²) in [7, 11) is 1.53. The van der Waals surface area contributed by atoms with Crippen molar-refractivity contribution in [2.75, 3.05) is 13.7 Å². The molecule has 2 aromatic carbocycles. The maximum Gasteiger partial charge on any atom is 0.349 e. The second-order valence-corrected chi connectivity index (χ2v) is 6.06. The van der Waals surface area contributed by atoms with Crippen molar-refractivity contribution in [3.63, 3.8) is 0 Å². The number of aliphatic hydroxyl groups excluding tert-OH is 1. The molecule has 1 heterocycles. The number of allylic oxidation sites excluding steroid dienone is 1. The minimum atomic E-state index is -0.929. The number of imidazole rings is 1. The van der Waals surface area contributed by atoms with Gasteiger partial charge in [-0.25, -0.2) is 9.78 Å². The van der Waals surface area contributed by atoms with E-state index >= 15 is 0 Å². The third kappa shape index (κ3) is 4.46. The number of para-hydroxylation sites is 2. The number of hydrogen-bond acceptors (Lipinski definition) is 7. The topological polar surface area (TPSA) is 132 Å². The summed E-state index contributed by atoms with van der Waals surface area (Å²) in [6.45, 7) is -0.583. The Labute approximate surface area is 171 Å². The normalized spacial score (nSPS) is 11.9. The number of aromatic nitrogens is 2. The van der Waals surface area contributed by atoms with E-state index in [2.05, 4.69) is 9.97 Å². The fraction of sp³-hybridized carbons (Fsp3) is 0.0909. The van der Waals surface area contributed by atoms with Crippen LogP contribution in [0.25, 0.3) is 22.7 Å². The SMILES string of the molecule is COc1ccc(/C=C(\C#N)C(=O)OC/C(O)=C(\C#N)c2nc3ccccc3[nH]2)cc1. The van der Waals surface area contributed by atoms with Gasteiger partial charge in [-0.1, -0.05) is 24.3 Å². The summed E-state index contributed by atoms with van der Waals surface area (Å²) in [5.41, 5.74) is 1.51. The predicted molar refractivity (Wildman–Crippen MR) is 109 cm³/mol. The molecule has 3 rings (SSSR count). The second-order valence-electron chi connectivity index (χ2n) is 6.06. The van der Waals surface area contributed by atoms with Gasteiger partial charge in [0.2, 0.25) is 0 Å². The summed E-state index contributed by atoms with van der Waals surface area (Å²) >= 11 is 0. The number of benzene rings is 2. The molecule has 0 radical (unpaired) electrons. The molecule has 0 aliphatic heterocycles. The van der Waals surface area contributed by atoms with Crippen LogP contribution in [-0.4, -0.2) is 34.8 Å². The Hall–Kier alpha value is -4.56. The van der Waals surface area contributed by atoms with Gasteiger partial charge in [0, 0.05) is 0 Å². The molecule has 30 heavy (non-hydrogen) atoms. The van der Waals surface area contributed by atoms with Gasteiger partial charge in [0.1, 0.15) is 35.6 Å². The molecule has 0 aliphatic rings. The molecule has 1 aromatic heterocycles. The third-order valence-electron chi connectivity index (χ3n) is 4.13. The average Bonchev–Trinajstić information content (AvgIpc) is 3.20. The number of rotatable bonds is 6. The lowest BCUT2D eigenvalue weighted by Gasteiger charge is -2.05. The Balaban J connectivity index is 1.75. The second kappa shape index (κ2) is 9.09. The number of aromatic amines is 1. The third-order valence-corrected chi connectivity index (χ3v) is 4.13. The molecule has 8 heteroatoms. The monoisotopic (exact) mass is 400 g/mol. The van der Waals surface area contributed by atoms with Crippen molar-refractivity contribution in [1.82, 2.24) is 9.97 Å². The van der Waals surface area contributed by atoms with Crippen molar-refractivity contribution in [1.29, 1.82) is 10.5 Å². The van der Waals surface area contributed by atoms with Crippen LogP contribution in [0.5, 0.6) is 5.75 Å². The summed E-state index contributed by atoms with van der Waals surface area (Å²) in [4.78, 5) is 19.4. The number of ether oxygens (including phenoxy) is 2. The van der Waals surface area contributed by atoms with Crippen LogP contribution < -0.4 is 4.74 Å². The smallest absolute Gasteiger partial charge is 0.349 e. The number of fused-ring (bicyclic) bond motifs is 1. The van der Waals surface area contributed by atoms with Crippen molar-refractivity contribution in [3.8, 4) is 17.9 Å². The van der Waals surface area contributed by atoms with Crippen molar-refractivity contribution >= 4 is 28.7 Å². The molecule has 0 unspecified atom stereocenters. The van der Waals surface area contributed by atoms with E-state index in [4.69, 9.17) is 9.47 Å². The first-order valence-corrected chi connectivity index (χ1v) is 8.76. The van der Waals surface area contributed by atoms with Crippen LogP contribution in [-0.2, 0) is 9.53 Å². The van der Waals surface area contributed by atoms with Crippen LogP contribution in [0.1, 0.15) is 11.4 Å². The zero-order valence-electron chi connectivity index (χ0n) is 15.9. The Bertz CT molecular complexity index is 1190. The molecule has 0 fully saturated rings. The van der Waals surface area contributed by atoms with E-state index in [0.717, 1.165) is 0 Å². The summed E-state index contributed by atoms with van der Waals surface area (Å²) in [5.74, 6) is -0.618. The number of methoxy groups -OCH3 is 1. The van der Waals surface area contributed by atoms with Crippen LogP contribution in [0, 0.1) is 22.7 Å². The van der Waals surface area contributed by atoms with Crippen molar-refractivity contribution in [3.05, 3.63) is 71.3 Å². The van der Waals surface area contributed by atoms with Gasteiger partial charge < -0.3 is 19.6 Å². The number of hydrogen-bond donors (Lipinski definition) is 2. The van der Waals surface area contributed by atoms with Crippen molar-refractivity contribution < 1.29 is 19.4 Å². The minimum absolute atomic E-state index is 0.154. The summed E-state index contributed by atoms with van der Waals surface area (Å²) in [6, 6.07) is 17.5. The number of esters is 1. The molecule has 0 atom stereocenters.